The zero-order chi connectivity index (χ0) is 24.2. The predicted octanol–water partition coefficient (Wildman–Crippen LogP) is 5.99. The lowest BCUT2D eigenvalue weighted by Gasteiger charge is -2.40. The first-order chi connectivity index (χ1) is 17.1. The van der Waals surface area contributed by atoms with E-state index in [4.69, 9.17) is 21.3 Å². The monoisotopic (exact) mass is 493 g/mol. The highest BCUT2D eigenvalue weighted by molar-refractivity contribution is 6.32. The van der Waals surface area contributed by atoms with Gasteiger partial charge in [0.25, 0.3) is 6.01 Å². The molecule has 0 spiro atoms. The van der Waals surface area contributed by atoms with Crippen molar-refractivity contribution in [1.82, 2.24) is 10.3 Å². The lowest BCUT2D eigenvalue weighted by atomic mass is 9.89. The molecule has 2 aliphatic rings. The standard InChI is InChI=1S/C27H29ClFN5O/c28-22-14-20(12-11-18(22)15-30)34-13-5-6-19(17-34)32-24-9-3-4-10-25(24)33-27-31-16-26(35-27)21-7-1-2-8-23(21)29/h1-2,7-8,11-12,14,16,19,24-25,32H,3-6,9-10,13,17H2,(H,31,33)/t19-,24+,25+/m0/s1. The summed E-state index contributed by atoms with van der Waals surface area (Å²) in [4.78, 5) is 6.71. The van der Waals surface area contributed by atoms with E-state index >= 15 is 0 Å². The predicted molar refractivity (Wildman–Crippen MR) is 136 cm³/mol. The zero-order valence-electron chi connectivity index (χ0n) is 19.5. The number of rotatable bonds is 6. The zero-order valence-corrected chi connectivity index (χ0v) is 20.3. The number of benzene rings is 2. The number of hydrogen-bond donors (Lipinski definition) is 2. The fourth-order valence-corrected chi connectivity index (χ4v) is 5.45. The fraction of sp³-hybridized carbons (Fsp3) is 0.407. The number of nitrogens with zero attached hydrogens (tertiary/aromatic N) is 3. The van der Waals surface area contributed by atoms with Crippen molar-refractivity contribution in [1.29, 1.82) is 5.26 Å². The smallest absolute Gasteiger partial charge is 0.295 e. The number of nitrogens with one attached hydrogen (secondary N) is 2. The molecule has 2 fully saturated rings. The van der Waals surface area contributed by atoms with Gasteiger partial charge >= 0.3 is 0 Å². The van der Waals surface area contributed by atoms with Crippen molar-refractivity contribution in [2.75, 3.05) is 23.3 Å². The number of oxazole rings is 1. The first-order valence-corrected chi connectivity index (χ1v) is 12.7. The molecule has 2 N–H and O–H groups in total. The van der Waals surface area contributed by atoms with E-state index in [9.17, 15) is 4.39 Å². The van der Waals surface area contributed by atoms with E-state index in [2.05, 4.69) is 26.6 Å². The van der Waals surface area contributed by atoms with Gasteiger partial charge in [0, 0.05) is 36.9 Å². The molecule has 2 aromatic carbocycles. The van der Waals surface area contributed by atoms with Crippen molar-refractivity contribution in [3.05, 3.63) is 65.1 Å². The Labute approximate surface area is 210 Å². The van der Waals surface area contributed by atoms with E-state index in [1.165, 1.54) is 12.5 Å². The van der Waals surface area contributed by atoms with E-state index in [1.54, 1.807) is 30.5 Å². The summed E-state index contributed by atoms with van der Waals surface area (Å²) in [5.74, 6) is 0.104. The fourth-order valence-electron chi connectivity index (χ4n) is 5.23. The highest BCUT2D eigenvalue weighted by Gasteiger charge is 2.30. The molecule has 1 saturated carbocycles. The quantitative estimate of drug-likeness (QED) is 0.439. The Morgan fingerprint density at radius 1 is 1.09 bits per heavy atom. The molecule has 1 aliphatic heterocycles. The summed E-state index contributed by atoms with van der Waals surface area (Å²) < 4.78 is 20.0. The summed E-state index contributed by atoms with van der Waals surface area (Å²) in [6.07, 6.45) is 8.22. The van der Waals surface area contributed by atoms with Gasteiger partial charge in [-0.1, -0.05) is 36.6 Å². The van der Waals surface area contributed by atoms with Crippen LogP contribution in [0.1, 0.15) is 44.1 Å². The summed E-state index contributed by atoms with van der Waals surface area (Å²) >= 11 is 6.28. The van der Waals surface area contributed by atoms with Crippen molar-refractivity contribution in [3.8, 4) is 17.4 Å². The lowest BCUT2D eigenvalue weighted by Crippen LogP contribution is -2.54. The number of nitriles is 1. The van der Waals surface area contributed by atoms with Crippen LogP contribution >= 0.6 is 11.6 Å². The van der Waals surface area contributed by atoms with Crippen LogP contribution in [0.5, 0.6) is 0 Å². The van der Waals surface area contributed by atoms with Gasteiger partial charge in [0.05, 0.1) is 22.3 Å². The SMILES string of the molecule is N#Cc1ccc(N2CCC[C@H](N[C@@H]3CCCC[C@H]3Nc3ncc(-c4ccccc4F)o3)C2)cc1Cl. The second-order valence-electron chi connectivity index (χ2n) is 9.38. The average molecular weight is 494 g/mol. The molecule has 0 unspecified atom stereocenters. The maximum absolute atomic E-state index is 14.1. The Balaban J connectivity index is 1.23. The first-order valence-electron chi connectivity index (χ1n) is 12.3. The molecule has 5 rings (SSSR count). The topological polar surface area (TPSA) is 77.1 Å². The molecule has 1 aliphatic carbocycles. The summed E-state index contributed by atoms with van der Waals surface area (Å²) in [5.41, 5.74) is 1.97. The summed E-state index contributed by atoms with van der Waals surface area (Å²) in [6, 6.07) is 15.6. The number of halogens is 2. The first kappa shape index (κ1) is 23.7. The molecule has 1 saturated heterocycles. The minimum Gasteiger partial charge on any atom is -0.423 e. The molecule has 1 aromatic heterocycles. The van der Waals surface area contributed by atoms with Gasteiger partial charge in [-0.25, -0.2) is 9.37 Å². The molecular weight excluding hydrogens is 465 g/mol. The van der Waals surface area contributed by atoms with E-state index in [0.29, 0.717) is 40.0 Å². The van der Waals surface area contributed by atoms with Gasteiger partial charge in [-0.2, -0.15) is 5.26 Å². The molecule has 6 nitrogen and oxygen atoms in total. The van der Waals surface area contributed by atoms with E-state index in [1.807, 2.05) is 12.1 Å². The Hall–Kier alpha value is -3.08. The number of hydrogen-bond acceptors (Lipinski definition) is 6. The molecular formula is C27H29ClFN5O. The normalized spacial score (nSPS) is 22.5. The summed E-state index contributed by atoms with van der Waals surface area (Å²) in [7, 11) is 0. The molecule has 3 aromatic rings. The maximum Gasteiger partial charge on any atom is 0.295 e. The largest absolute Gasteiger partial charge is 0.423 e. The highest BCUT2D eigenvalue weighted by atomic mass is 35.5. The van der Waals surface area contributed by atoms with Crippen LogP contribution in [0.15, 0.2) is 53.1 Å². The van der Waals surface area contributed by atoms with Crippen molar-refractivity contribution in [3.63, 3.8) is 0 Å². The third kappa shape index (κ3) is 5.44. The molecule has 0 radical (unpaired) electrons. The second-order valence-corrected chi connectivity index (χ2v) is 9.79. The van der Waals surface area contributed by atoms with Crippen LogP contribution in [-0.2, 0) is 0 Å². The Morgan fingerprint density at radius 3 is 2.71 bits per heavy atom. The average Bonchev–Trinajstić information content (AvgIpc) is 3.34. The third-order valence-electron chi connectivity index (χ3n) is 7.03. The molecule has 0 amide bonds. The van der Waals surface area contributed by atoms with Crippen LogP contribution in [0.4, 0.5) is 16.1 Å². The van der Waals surface area contributed by atoms with E-state index < -0.39 is 0 Å². The Morgan fingerprint density at radius 2 is 1.91 bits per heavy atom. The van der Waals surface area contributed by atoms with Crippen LogP contribution in [0.3, 0.4) is 0 Å². The van der Waals surface area contributed by atoms with Crippen LogP contribution in [0, 0.1) is 17.1 Å². The number of aromatic nitrogens is 1. The summed E-state index contributed by atoms with van der Waals surface area (Å²) in [5, 5.41) is 17.0. The van der Waals surface area contributed by atoms with Crippen molar-refractivity contribution in [2.45, 2.75) is 56.7 Å². The van der Waals surface area contributed by atoms with Gasteiger partial charge in [-0.3, -0.25) is 0 Å². The second kappa shape index (κ2) is 10.7. The third-order valence-corrected chi connectivity index (χ3v) is 7.34. The van der Waals surface area contributed by atoms with Crippen LogP contribution < -0.4 is 15.5 Å². The molecule has 3 atom stereocenters. The van der Waals surface area contributed by atoms with Crippen LogP contribution in [-0.4, -0.2) is 36.2 Å². The Kier molecular flexibility index (Phi) is 7.21. The van der Waals surface area contributed by atoms with Gasteiger partial charge in [0.2, 0.25) is 0 Å². The van der Waals surface area contributed by atoms with Gasteiger partial charge in [-0.05, 0) is 56.0 Å². The van der Waals surface area contributed by atoms with Gasteiger partial charge in [0.15, 0.2) is 5.76 Å². The summed E-state index contributed by atoms with van der Waals surface area (Å²) in [6.45, 7) is 1.86. The van der Waals surface area contributed by atoms with Crippen LogP contribution in [0.25, 0.3) is 11.3 Å². The minimum atomic E-state index is -0.321. The molecule has 2 heterocycles. The van der Waals surface area contributed by atoms with Crippen molar-refractivity contribution in [2.24, 2.45) is 0 Å². The van der Waals surface area contributed by atoms with Crippen molar-refractivity contribution < 1.29 is 8.81 Å². The van der Waals surface area contributed by atoms with Gasteiger partial charge < -0.3 is 20.0 Å². The Bertz CT molecular complexity index is 1210. The molecule has 8 heteroatoms. The van der Waals surface area contributed by atoms with E-state index in [0.717, 1.165) is 50.9 Å². The minimum absolute atomic E-state index is 0.190. The van der Waals surface area contributed by atoms with Crippen LogP contribution in [0.2, 0.25) is 5.02 Å². The molecule has 35 heavy (non-hydrogen) atoms. The van der Waals surface area contributed by atoms with E-state index in [-0.39, 0.29) is 11.9 Å². The number of anilines is 2. The highest BCUT2D eigenvalue weighted by Crippen LogP contribution is 2.29. The van der Waals surface area contributed by atoms with Gasteiger partial charge in [-0.15, -0.1) is 0 Å². The maximum atomic E-state index is 14.1. The molecule has 182 valence electrons. The van der Waals surface area contributed by atoms with Crippen molar-refractivity contribution >= 4 is 23.3 Å². The molecule has 0 bridgehead atoms. The van der Waals surface area contributed by atoms with Gasteiger partial charge in [0.1, 0.15) is 11.9 Å². The lowest BCUT2D eigenvalue weighted by molar-refractivity contribution is 0.290. The number of piperidine rings is 1.